The highest BCUT2D eigenvalue weighted by atomic mass is 16.5. The molecule has 0 aromatic carbocycles. The summed E-state index contributed by atoms with van der Waals surface area (Å²) < 4.78 is 4.33. The van der Waals surface area contributed by atoms with E-state index in [0.29, 0.717) is 0 Å². The largest absolute Gasteiger partial charge is 0.466 e. The number of ether oxygens (including phenoxy) is 1. The van der Waals surface area contributed by atoms with Crippen molar-refractivity contribution < 1.29 is 14.3 Å². The molecule has 0 rings (SSSR count). The molecule has 0 fully saturated rings. The highest BCUT2D eigenvalue weighted by Crippen LogP contribution is 1.77. The molecule has 0 aliphatic heterocycles. The van der Waals surface area contributed by atoms with E-state index >= 15 is 0 Å². The van der Waals surface area contributed by atoms with Crippen molar-refractivity contribution in [2.45, 2.75) is 6.92 Å². The lowest BCUT2D eigenvalue weighted by Crippen LogP contribution is -1.92. The first-order chi connectivity index (χ1) is 6.16. The number of methoxy groups -OCH3 is 1. The van der Waals surface area contributed by atoms with Crippen LogP contribution in [0.4, 0.5) is 0 Å². The standard InChI is InChI=1S/C10H10O3/c1-9(11)7-5-3-4-6-8-10(12)13-2/h5-8H,1-2H3/b7-5+,8-6+. The van der Waals surface area contributed by atoms with Crippen LogP contribution >= 0.6 is 0 Å². The summed E-state index contributed by atoms with van der Waals surface area (Å²) in [6, 6.07) is 0. The minimum atomic E-state index is -0.454. The van der Waals surface area contributed by atoms with Crippen LogP contribution in [0.25, 0.3) is 0 Å². The first kappa shape index (κ1) is 11.2. The van der Waals surface area contributed by atoms with Crippen molar-refractivity contribution in [1.29, 1.82) is 0 Å². The van der Waals surface area contributed by atoms with Gasteiger partial charge in [-0.25, -0.2) is 4.79 Å². The quantitative estimate of drug-likeness (QED) is 0.358. The van der Waals surface area contributed by atoms with Crippen molar-refractivity contribution in [3.05, 3.63) is 24.3 Å². The predicted molar refractivity (Wildman–Crippen MR) is 48.8 cm³/mol. The minimum Gasteiger partial charge on any atom is -0.466 e. The van der Waals surface area contributed by atoms with E-state index < -0.39 is 5.97 Å². The Hall–Kier alpha value is -1.82. The van der Waals surface area contributed by atoms with Gasteiger partial charge in [0.25, 0.3) is 0 Å². The zero-order valence-corrected chi connectivity index (χ0v) is 7.53. The Kier molecular flexibility index (Phi) is 5.90. The molecule has 0 aromatic rings. The van der Waals surface area contributed by atoms with Gasteiger partial charge in [0.2, 0.25) is 0 Å². The maximum atomic E-state index is 10.5. The molecule has 3 nitrogen and oxygen atoms in total. The number of esters is 1. The Balaban J connectivity index is 3.93. The molecule has 0 unspecified atom stereocenters. The summed E-state index contributed by atoms with van der Waals surface area (Å²) in [6.07, 6.45) is 5.33. The van der Waals surface area contributed by atoms with E-state index in [1.807, 2.05) is 0 Å². The van der Waals surface area contributed by atoms with Gasteiger partial charge in [-0.1, -0.05) is 11.8 Å². The third-order valence-corrected chi connectivity index (χ3v) is 0.989. The van der Waals surface area contributed by atoms with Crippen LogP contribution in [0.1, 0.15) is 6.92 Å². The predicted octanol–water partition coefficient (Wildman–Crippen LogP) is 0.864. The lowest BCUT2D eigenvalue weighted by atomic mass is 10.4. The van der Waals surface area contributed by atoms with Crippen LogP contribution in [0, 0.1) is 11.8 Å². The molecule has 0 aliphatic rings. The normalized spacial score (nSPS) is 9.69. The van der Waals surface area contributed by atoms with Gasteiger partial charge in [0.1, 0.15) is 0 Å². The smallest absolute Gasteiger partial charge is 0.331 e. The lowest BCUT2D eigenvalue weighted by molar-refractivity contribution is -0.134. The minimum absolute atomic E-state index is 0.0637. The summed E-state index contributed by atoms with van der Waals surface area (Å²) in [5.41, 5.74) is 0. The topological polar surface area (TPSA) is 43.4 Å². The SMILES string of the molecule is COC(=O)/C=C/C#C/C=C/C(C)=O. The maximum absolute atomic E-state index is 10.5. The van der Waals surface area contributed by atoms with Crippen molar-refractivity contribution in [1.82, 2.24) is 0 Å². The van der Waals surface area contributed by atoms with Gasteiger partial charge in [-0.15, -0.1) is 0 Å². The van der Waals surface area contributed by atoms with Crippen LogP contribution in [-0.4, -0.2) is 18.9 Å². The molecule has 0 amide bonds. The molecule has 0 atom stereocenters. The monoisotopic (exact) mass is 178 g/mol. The third kappa shape index (κ3) is 8.08. The fourth-order valence-corrected chi connectivity index (χ4v) is 0.433. The van der Waals surface area contributed by atoms with Crippen molar-refractivity contribution in [3.8, 4) is 11.8 Å². The third-order valence-electron chi connectivity index (χ3n) is 0.989. The van der Waals surface area contributed by atoms with Gasteiger partial charge in [-0.3, -0.25) is 4.79 Å². The van der Waals surface area contributed by atoms with Gasteiger partial charge in [-0.05, 0) is 25.2 Å². The van der Waals surface area contributed by atoms with Crippen molar-refractivity contribution in [2.75, 3.05) is 7.11 Å². The Morgan fingerprint density at radius 3 is 2.15 bits per heavy atom. The van der Waals surface area contributed by atoms with E-state index in [1.54, 1.807) is 0 Å². The Morgan fingerprint density at radius 1 is 1.15 bits per heavy atom. The molecule has 0 aromatic heterocycles. The fourth-order valence-electron chi connectivity index (χ4n) is 0.433. The summed E-state index contributed by atoms with van der Waals surface area (Å²) in [7, 11) is 1.29. The molecule has 3 heteroatoms. The number of ketones is 1. The summed E-state index contributed by atoms with van der Waals surface area (Å²) in [5, 5.41) is 0. The first-order valence-electron chi connectivity index (χ1n) is 3.59. The van der Waals surface area contributed by atoms with Gasteiger partial charge in [0.15, 0.2) is 5.78 Å². The van der Waals surface area contributed by atoms with E-state index in [9.17, 15) is 9.59 Å². The van der Waals surface area contributed by atoms with Crippen LogP contribution in [-0.2, 0) is 14.3 Å². The van der Waals surface area contributed by atoms with Crippen LogP contribution < -0.4 is 0 Å². The highest BCUT2D eigenvalue weighted by molar-refractivity contribution is 5.87. The van der Waals surface area contributed by atoms with Crippen molar-refractivity contribution in [2.24, 2.45) is 0 Å². The van der Waals surface area contributed by atoms with E-state index in [1.165, 1.54) is 38.3 Å². The molecule has 0 saturated carbocycles. The summed E-state index contributed by atoms with van der Waals surface area (Å²) in [6.45, 7) is 1.43. The second-order valence-electron chi connectivity index (χ2n) is 2.09. The number of allylic oxidation sites excluding steroid dienone is 3. The van der Waals surface area contributed by atoms with Crippen LogP contribution in [0.5, 0.6) is 0 Å². The van der Waals surface area contributed by atoms with Crippen LogP contribution in [0.15, 0.2) is 24.3 Å². The summed E-state index contributed by atoms with van der Waals surface area (Å²) in [5.74, 6) is 4.57. The number of hydrogen-bond donors (Lipinski definition) is 0. The average Bonchev–Trinajstić information content (AvgIpc) is 2.10. The van der Waals surface area contributed by atoms with Gasteiger partial charge < -0.3 is 4.74 Å². The molecule has 68 valence electrons. The van der Waals surface area contributed by atoms with E-state index in [2.05, 4.69) is 16.6 Å². The molecule has 0 bridgehead atoms. The molecule has 0 radical (unpaired) electrons. The Morgan fingerprint density at radius 2 is 1.69 bits per heavy atom. The number of carbonyl (C=O) groups is 2. The molecule has 0 saturated heterocycles. The number of hydrogen-bond acceptors (Lipinski definition) is 3. The zero-order valence-electron chi connectivity index (χ0n) is 7.53. The first-order valence-corrected chi connectivity index (χ1v) is 3.59. The highest BCUT2D eigenvalue weighted by Gasteiger charge is 1.85. The second kappa shape index (κ2) is 6.86. The fraction of sp³-hybridized carbons (Fsp3) is 0.200. The Labute approximate surface area is 77.1 Å². The number of carbonyl (C=O) groups excluding carboxylic acids is 2. The molecule has 0 N–H and O–H groups in total. The van der Waals surface area contributed by atoms with Crippen molar-refractivity contribution >= 4 is 11.8 Å². The van der Waals surface area contributed by atoms with E-state index in [0.717, 1.165) is 0 Å². The summed E-state index contributed by atoms with van der Waals surface area (Å²) in [4.78, 5) is 20.9. The average molecular weight is 178 g/mol. The van der Waals surface area contributed by atoms with E-state index in [4.69, 9.17) is 0 Å². The molecule has 0 aliphatic carbocycles. The van der Waals surface area contributed by atoms with Crippen LogP contribution in [0.2, 0.25) is 0 Å². The van der Waals surface area contributed by atoms with Crippen LogP contribution in [0.3, 0.4) is 0 Å². The summed E-state index contributed by atoms with van der Waals surface area (Å²) >= 11 is 0. The van der Waals surface area contributed by atoms with E-state index in [-0.39, 0.29) is 5.78 Å². The molecule has 0 heterocycles. The zero-order chi connectivity index (χ0) is 10.1. The maximum Gasteiger partial charge on any atom is 0.331 e. The van der Waals surface area contributed by atoms with Gasteiger partial charge >= 0.3 is 5.97 Å². The lowest BCUT2D eigenvalue weighted by Gasteiger charge is -1.84. The van der Waals surface area contributed by atoms with Gasteiger partial charge in [0.05, 0.1) is 7.11 Å². The van der Waals surface area contributed by atoms with Crippen molar-refractivity contribution in [3.63, 3.8) is 0 Å². The van der Waals surface area contributed by atoms with Gasteiger partial charge in [0, 0.05) is 6.08 Å². The van der Waals surface area contributed by atoms with Gasteiger partial charge in [-0.2, -0.15) is 0 Å². The second-order valence-corrected chi connectivity index (χ2v) is 2.09. The Bertz CT molecular complexity index is 300. The molecular formula is C10H10O3. The molecular weight excluding hydrogens is 168 g/mol. The number of rotatable bonds is 2. The molecule has 13 heavy (non-hydrogen) atoms. The molecule has 0 spiro atoms.